The summed E-state index contributed by atoms with van der Waals surface area (Å²) in [5.41, 5.74) is -2.22. The summed E-state index contributed by atoms with van der Waals surface area (Å²) in [6.45, 7) is 3.44. The highest BCUT2D eigenvalue weighted by Crippen LogP contribution is 2.42. The molecule has 0 saturated carbocycles. The lowest BCUT2D eigenvalue weighted by molar-refractivity contribution is -0.158. The standard InChI is InChI=1S/C20H20ClFN2O3/c1-19(2)12-24(16-6-4-3-5-7-16)18(26)20(19,27)17(25)23-11-13-8-14(21)10-15(22)9-13/h3-10,27H,11-12H2,1-2H3,(H,23,25)/t20-/m0/s1. The highest BCUT2D eigenvalue weighted by molar-refractivity contribution is 6.30. The van der Waals surface area contributed by atoms with Crippen molar-refractivity contribution in [2.24, 2.45) is 5.41 Å². The van der Waals surface area contributed by atoms with Gasteiger partial charge in [0.05, 0.1) is 0 Å². The van der Waals surface area contributed by atoms with Crippen molar-refractivity contribution in [3.8, 4) is 0 Å². The quantitative estimate of drug-likeness (QED) is 0.789. The van der Waals surface area contributed by atoms with Crippen molar-refractivity contribution in [2.75, 3.05) is 11.4 Å². The van der Waals surface area contributed by atoms with Gasteiger partial charge in [0, 0.05) is 29.2 Å². The van der Waals surface area contributed by atoms with Gasteiger partial charge in [-0.3, -0.25) is 9.59 Å². The Morgan fingerprint density at radius 1 is 1.26 bits per heavy atom. The molecule has 0 spiro atoms. The maximum Gasteiger partial charge on any atom is 0.269 e. The fraction of sp³-hybridized carbons (Fsp3) is 0.300. The number of halogens is 2. The van der Waals surface area contributed by atoms with Gasteiger partial charge in [0.25, 0.3) is 11.8 Å². The Bertz CT molecular complexity index is 868. The van der Waals surface area contributed by atoms with Crippen molar-refractivity contribution in [1.29, 1.82) is 0 Å². The molecule has 0 aromatic heterocycles. The predicted molar refractivity (Wildman–Crippen MR) is 101 cm³/mol. The normalized spacial score (nSPS) is 21.4. The molecule has 1 heterocycles. The average molecular weight is 391 g/mol. The zero-order valence-electron chi connectivity index (χ0n) is 15.0. The van der Waals surface area contributed by atoms with Crippen molar-refractivity contribution in [2.45, 2.75) is 26.0 Å². The zero-order valence-corrected chi connectivity index (χ0v) is 15.8. The molecule has 7 heteroatoms. The highest BCUT2D eigenvalue weighted by atomic mass is 35.5. The lowest BCUT2D eigenvalue weighted by Gasteiger charge is -2.31. The molecular weight excluding hydrogens is 371 g/mol. The van der Waals surface area contributed by atoms with Gasteiger partial charge in [-0.15, -0.1) is 0 Å². The first-order valence-electron chi connectivity index (χ1n) is 8.48. The molecular formula is C20H20ClFN2O3. The minimum absolute atomic E-state index is 0.0622. The van der Waals surface area contributed by atoms with Crippen LogP contribution in [-0.2, 0) is 16.1 Å². The molecule has 1 aliphatic rings. The van der Waals surface area contributed by atoms with Crippen LogP contribution in [0.1, 0.15) is 19.4 Å². The predicted octanol–water partition coefficient (Wildman–Crippen LogP) is 2.90. The van der Waals surface area contributed by atoms with E-state index in [-0.39, 0.29) is 18.1 Å². The number of para-hydroxylation sites is 1. The van der Waals surface area contributed by atoms with Crippen LogP contribution in [-0.4, -0.2) is 29.1 Å². The zero-order chi connectivity index (χ0) is 19.8. The van der Waals surface area contributed by atoms with Gasteiger partial charge in [-0.2, -0.15) is 0 Å². The number of benzene rings is 2. The summed E-state index contributed by atoms with van der Waals surface area (Å²) in [7, 11) is 0. The number of aliphatic hydroxyl groups is 1. The summed E-state index contributed by atoms with van der Waals surface area (Å²) in [4.78, 5) is 27.1. The lowest BCUT2D eigenvalue weighted by Crippen LogP contribution is -2.58. The van der Waals surface area contributed by atoms with E-state index < -0.39 is 28.6 Å². The van der Waals surface area contributed by atoms with Gasteiger partial charge >= 0.3 is 0 Å². The Hall–Kier alpha value is -2.44. The van der Waals surface area contributed by atoms with Gasteiger partial charge in [-0.05, 0) is 35.9 Å². The van der Waals surface area contributed by atoms with Crippen molar-refractivity contribution in [3.63, 3.8) is 0 Å². The van der Waals surface area contributed by atoms with Gasteiger partial charge < -0.3 is 15.3 Å². The van der Waals surface area contributed by atoms with Crippen LogP contribution >= 0.6 is 11.6 Å². The molecule has 0 aliphatic carbocycles. The van der Waals surface area contributed by atoms with E-state index in [0.29, 0.717) is 11.3 Å². The number of anilines is 1. The Morgan fingerprint density at radius 2 is 1.93 bits per heavy atom. The summed E-state index contributed by atoms with van der Waals surface area (Å²) in [6.07, 6.45) is 0. The second-order valence-electron chi connectivity index (χ2n) is 7.28. The van der Waals surface area contributed by atoms with E-state index >= 15 is 0 Å². The molecule has 142 valence electrons. The molecule has 2 amide bonds. The summed E-state index contributed by atoms with van der Waals surface area (Å²) in [5, 5.41) is 13.8. The number of carbonyl (C=O) groups is 2. The molecule has 2 aromatic rings. The summed E-state index contributed by atoms with van der Waals surface area (Å²) >= 11 is 5.81. The van der Waals surface area contributed by atoms with Gasteiger partial charge in [-0.25, -0.2) is 4.39 Å². The number of hydrogen-bond acceptors (Lipinski definition) is 3. The first kappa shape index (κ1) is 19.3. The number of rotatable bonds is 4. The van der Waals surface area contributed by atoms with Crippen LogP contribution in [0.15, 0.2) is 48.5 Å². The van der Waals surface area contributed by atoms with Crippen LogP contribution in [0.4, 0.5) is 10.1 Å². The molecule has 0 unspecified atom stereocenters. The summed E-state index contributed by atoms with van der Waals surface area (Å²) < 4.78 is 13.4. The van der Waals surface area contributed by atoms with E-state index in [1.54, 1.807) is 38.1 Å². The van der Waals surface area contributed by atoms with Crippen LogP contribution in [0.3, 0.4) is 0 Å². The van der Waals surface area contributed by atoms with Crippen molar-refractivity contribution in [1.82, 2.24) is 5.32 Å². The first-order valence-corrected chi connectivity index (χ1v) is 8.85. The number of amides is 2. The Kier molecular flexibility index (Phi) is 4.97. The molecule has 1 aliphatic heterocycles. The third-order valence-electron chi connectivity index (χ3n) is 4.86. The molecule has 2 aromatic carbocycles. The van der Waals surface area contributed by atoms with E-state index in [1.165, 1.54) is 17.0 Å². The third-order valence-corrected chi connectivity index (χ3v) is 5.08. The third kappa shape index (κ3) is 3.42. The molecule has 2 N–H and O–H groups in total. The molecule has 5 nitrogen and oxygen atoms in total. The van der Waals surface area contributed by atoms with E-state index in [4.69, 9.17) is 11.6 Å². The van der Waals surface area contributed by atoms with E-state index in [1.807, 2.05) is 6.07 Å². The topological polar surface area (TPSA) is 69.6 Å². The Balaban J connectivity index is 1.82. The van der Waals surface area contributed by atoms with Gasteiger partial charge in [-0.1, -0.05) is 43.6 Å². The SMILES string of the molecule is CC1(C)CN(c2ccccc2)C(=O)[C@@]1(O)C(=O)NCc1cc(F)cc(Cl)c1. The number of hydrogen-bond donors (Lipinski definition) is 2. The van der Waals surface area contributed by atoms with Crippen molar-refractivity contribution in [3.05, 3.63) is 64.9 Å². The lowest BCUT2D eigenvalue weighted by atomic mass is 9.77. The average Bonchev–Trinajstić information content (AvgIpc) is 2.80. The largest absolute Gasteiger partial charge is 0.371 e. The maximum atomic E-state index is 13.4. The van der Waals surface area contributed by atoms with Crippen LogP contribution in [0, 0.1) is 11.2 Å². The van der Waals surface area contributed by atoms with Gasteiger partial charge in [0.15, 0.2) is 0 Å². The van der Waals surface area contributed by atoms with Crippen LogP contribution in [0.2, 0.25) is 5.02 Å². The molecule has 3 rings (SSSR count). The second-order valence-corrected chi connectivity index (χ2v) is 7.72. The number of nitrogens with zero attached hydrogens (tertiary/aromatic N) is 1. The molecule has 1 saturated heterocycles. The smallest absolute Gasteiger partial charge is 0.269 e. The molecule has 1 fully saturated rings. The van der Waals surface area contributed by atoms with E-state index in [2.05, 4.69) is 5.32 Å². The van der Waals surface area contributed by atoms with Crippen LogP contribution < -0.4 is 10.2 Å². The van der Waals surface area contributed by atoms with Crippen molar-refractivity contribution >= 4 is 29.1 Å². The fourth-order valence-electron chi connectivity index (χ4n) is 3.31. The van der Waals surface area contributed by atoms with Crippen LogP contribution in [0.25, 0.3) is 0 Å². The molecule has 1 atom stereocenters. The first-order chi connectivity index (χ1) is 12.6. The Labute approximate surface area is 161 Å². The Morgan fingerprint density at radius 3 is 2.56 bits per heavy atom. The summed E-state index contributed by atoms with van der Waals surface area (Å²) in [5.74, 6) is -2.04. The van der Waals surface area contributed by atoms with Crippen molar-refractivity contribution < 1.29 is 19.1 Å². The highest BCUT2D eigenvalue weighted by Gasteiger charge is 2.63. The summed E-state index contributed by atoms with van der Waals surface area (Å²) in [6, 6.07) is 12.8. The second kappa shape index (κ2) is 6.94. The molecule has 27 heavy (non-hydrogen) atoms. The monoisotopic (exact) mass is 390 g/mol. The maximum absolute atomic E-state index is 13.4. The minimum atomic E-state index is -2.24. The molecule has 0 bridgehead atoms. The van der Waals surface area contributed by atoms with Gasteiger partial charge in [0.2, 0.25) is 5.60 Å². The molecule has 0 radical (unpaired) electrons. The number of carbonyl (C=O) groups excluding carboxylic acids is 2. The number of nitrogens with one attached hydrogen (secondary N) is 1. The fourth-order valence-corrected chi connectivity index (χ4v) is 3.55. The minimum Gasteiger partial charge on any atom is -0.371 e. The van der Waals surface area contributed by atoms with E-state index in [0.717, 1.165) is 6.07 Å². The van der Waals surface area contributed by atoms with E-state index in [9.17, 15) is 19.1 Å². The van der Waals surface area contributed by atoms with Crippen LogP contribution in [0.5, 0.6) is 0 Å². The van der Waals surface area contributed by atoms with Gasteiger partial charge in [0.1, 0.15) is 5.82 Å².